The summed E-state index contributed by atoms with van der Waals surface area (Å²) in [4.78, 5) is 4.04. The summed E-state index contributed by atoms with van der Waals surface area (Å²) < 4.78 is 5.75. The van der Waals surface area contributed by atoms with Gasteiger partial charge in [0.05, 0.1) is 12.7 Å². The van der Waals surface area contributed by atoms with Gasteiger partial charge in [0.15, 0.2) is 0 Å². The highest BCUT2D eigenvalue weighted by atomic mass is 16.5. The summed E-state index contributed by atoms with van der Waals surface area (Å²) in [6.45, 7) is 9.30. The molecule has 0 spiro atoms. The summed E-state index contributed by atoms with van der Waals surface area (Å²) in [5, 5.41) is 0. The summed E-state index contributed by atoms with van der Waals surface area (Å²) in [7, 11) is 0. The fourth-order valence-corrected chi connectivity index (χ4v) is 0.955. The summed E-state index contributed by atoms with van der Waals surface area (Å²) >= 11 is 0. The Hall–Kier alpha value is -0.890. The lowest BCUT2D eigenvalue weighted by atomic mass is 9.90. The van der Waals surface area contributed by atoms with Gasteiger partial charge in [-0.3, -0.25) is 4.98 Å². The largest absolute Gasteiger partial charge is 0.373 e. The van der Waals surface area contributed by atoms with Crippen LogP contribution in [-0.2, 0) is 11.3 Å². The number of aromatic nitrogens is 1. The summed E-state index contributed by atoms with van der Waals surface area (Å²) in [6, 6.07) is 3.96. The van der Waals surface area contributed by atoms with Gasteiger partial charge in [0.2, 0.25) is 0 Å². The van der Waals surface area contributed by atoms with Crippen molar-refractivity contribution in [3.05, 3.63) is 30.1 Å². The predicted molar refractivity (Wildman–Crippen MR) is 57.9 cm³/mol. The lowest BCUT2D eigenvalue weighted by molar-refractivity contribution is -0.0154. The van der Waals surface area contributed by atoms with Gasteiger partial charge in [-0.05, 0) is 24.0 Å². The van der Waals surface area contributed by atoms with Crippen molar-refractivity contribution in [3.63, 3.8) is 0 Å². The maximum atomic E-state index is 5.75. The zero-order valence-electron chi connectivity index (χ0n) is 9.45. The molecule has 0 N–H and O–H groups in total. The molecule has 0 amide bonds. The lowest BCUT2D eigenvalue weighted by Crippen LogP contribution is -2.25. The highest BCUT2D eigenvalue weighted by Crippen LogP contribution is 2.22. The van der Waals surface area contributed by atoms with Crippen LogP contribution in [-0.4, -0.2) is 11.1 Å². The standard InChI is InChI=1S/C12H19NO/c1-10(12(2,3)4)14-9-11-6-5-7-13-8-11/h5-8,10H,9H2,1-4H3. The van der Waals surface area contributed by atoms with Gasteiger partial charge in [-0.2, -0.15) is 0 Å². The summed E-state index contributed by atoms with van der Waals surface area (Å²) in [6.07, 6.45) is 3.87. The molecule has 0 bridgehead atoms. The third-order valence-electron chi connectivity index (χ3n) is 2.44. The van der Waals surface area contributed by atoms with E-state index >= 15 is 0 Å². The molecular formula is C12H19NO. The van der Waals surface area contributed by atoms with Crippen LogP contribution < -0.4 is 0 Å². The van der Waals surface area contributed by atoms with Crippen LogP contribution in [0.15, 0.2) is 24.5 Å². The Labute approximate surface area is 86.3 Å². The molecule has 78 valence electrons. The minimum atomic E-state index is 0.197. The smallest absolute Gasteiger partial charge is 0.0735 e. The molecule has 2 nitrogen and oxygen atoms in total. The van der Waals surface area contributed by atoms with Crippen molar-refractivity contribution >= 4 is 0 Å². The van der Waals surface area contributed by atoms with Crippen LogP contribution in [0.25, 0.3) is 0 Å². The first-order chi connectivity index (χ1) is 6.50. The SMILES string of the molecule is CC(OCc1cccnc1)C(C)(C)C. The quantitative estimate of drug-likeness (QED) is 0.736. The third kappa shape index (κ3) is 3.46. The first-order valence-electron chi connectivity index (χ1n) is 5.00. The van der Waals surface area contributed by atoms with E-state index in [0.29, 0.717) is 6.61 Å². The first-order valence-corrected chi connectivity index (χ1v) is 5.00. The maximum absolute atomic E-state index is 5.75. The van der Waals surface area contributed by atoms with Crippen molar-refractivity contribution in [2.45, 2.75) is 40.4 Å². The van der Waals surface area contributed by atoms with E-state index in [9.17, 15) is 0 Å². The second kappa shape index (κ2) is 4.56. The molecule has 1 rings (SSSR count). The molecule has 2 heteroatoms. The summed E-state index contributed by atoms with van der Waals surface area (Å²) in [5.41, 5.74) is 1.32. The fourth-order valence-electron chi connectivity index (χ4n) is 0.955. The Morgan fingerprint density at radius 2 is 2.14 bits per heavy atom. The third-order valence-corrected chi connectivity index (χ3v) is 2.44. The topological polar surface area (TPSA) is 22.1 Å². The number of ether oxygens (including phenoxy) is 1. The van der Waals surface area contributed by atoms with Gasteiger partial charge in [0.1, 0.15) is 0 Å². The van der Waals surface area contributed by atoms with Crippen molar-refractivity contribution < 1.29 is 4.74 Å². The molecular weight excluding hydrogens is 174 g/mol. The summed E-state index contributed by atoms with van der Waals surface area (Å²) in [5.74, 6) is 0. The number of hydrogen-bond acceptors (Lipinski definition) is 2. The molecule has 0 aliphatic carbocycles. The van der Waals surface area contributed by atoms with Crippen LogP contribution in [0.4, 0.5) is 0 Å². The molecule has 14 heavy (non-hydrogen) atoms. The highest BCUT2D eigenvalue weighted by molar-refractivity contribution is 5.06. The average molecular weight is 193 g/mol. The van der Waals surface area contributed by atoms with Crippen LogP contribution >= 0.6 is 0 Å². The van der Waals surface area contributed by atoms with Crippen molar-refractivity contribution in [1.82, 2.24) is 4.98 Å². The number of hydrogen-bond donors (Lipinski definition) is 0. The van der Waals surface area contributed by atoms with E-state index in [-0.39, 0.29) is 11.5 Å². The molecule has 1 unspecified atom stereocenters. The molecule has 0 saturated heterocycles. The highest BCUT2D eigenvalue weighted by Gasteiger charge is 2.20. The Kier molecular flexibility index (Phi) is 3.64. The van der Waals surface area contributed by atoms with E-state index in [4.69, 9.17) is 4.74 Å². The Bertz CT molecular complexity index is 263. The first kappa shape index (κ1) is 11.2. The second-order valence-electron chi connectivity index (χ2n) is 4.68. The monoisotopic (exact) mass is 193 g/mol. The van der Waals surface area contributed by atoms with Gasteiger partial charge in [-0.15, -0.1) is 0 Å². The van der Waals surface area contributed by atoms with Crippen molar-refractivity contribution in [2.75, 3.05) is 0 Å². The Morgan fingerprint density at radius 3 is 2.64 bits per heavy atom. The van der Waals surface area contributed by atoms with Gasteiger partial charge in [-0.1, -0.05) is 26.8 Å². The van der Waals surface area contributed by atoms with Gasteiger partial charge >= 0.3 is 0 Å². The van der Waals surface area contributed by atoms with Crippen LogP contribution in [0.3, 0.4) is 0 Å². The van der Waals surface area contributed by atoms with E-state index in [1.807, 2.05) is 18.3 Å². The van der Waals surface area contributed by atoms with E-state index in [2.05, 4.69) is 32.7 Å². The molecule has 0 fully saturated rings. The maximum Gasteiger partial charge on any atom is 0.0735 e. The molecule has 0 aliphatic heterocycles. The lowest BCUT2D eigenvalue weighted by Gasteiger charge is -2.27. The van der Waals surface area contributed by atoms with Crippen molar-refractivity contribution in [2.24, 2.45) is 5.41 Å². The molecule has 1 aromatic rings. The molecule has 1 aromatic heterocycles. The van der Waals surface area contributed by atoms with Gasteiger partial charge < -0.3 is 4.74 Å². The van der Waals surface area contributed by atoms with Crippen LogP contribution in [0.5, 0.6) is 0 Å². The number of nitrogens with zero attached hydrogens (tertiary/aromatic N) is 1. The minimum Gasteiger partial charge on any atom is -0.373 e. The van der Waals surface area contributed by atoms with E-state index in [1.165, 1.54) is 0 Å². The van der Waals surface area contributed by atoms with Crippen molar-refractivity contribution in [3.8, 4) is 0 Å². The van der Waals surface area contributed by atoms with Crippen molar-refractivity contribution in [1.29, 1.82) is 0 Å². The zero-order valence-corrected chi connectivity index (χ0v) is 9.45. The van der Waals surface area contributed by atoms with Gasteiger partial charge in [0, 0.05) is 12.4 Å². The minimum absolute atomic E-state index is 0.197. The normalized spacial score (nSPS) is 14.0. The zero-order chi connectivity index (χ0) is 10.6. The van der Waals surface area contributed by atoms with Crippen LogP contribution in [0.1, 0.15) is 33.3 Å². The van der Waals surface area contributed by atoms with Crippen LogP contribution in [0, 0.1) is 5.41 Å². The Morgan fingerprint density at radius 1 is 1.43 bits per heavy atom. The van der Waals surface area contributed by atoms with Gasteiger partial charge in [0.25, 0.3) is 0 Å². The predicted octanol–water partition coefficient (Wildman–Crippen LogP) is 3.03. The van der Waals surface area contributed by atoms with E-state index < -0.39 is 0 Å². The van der Waals surface area contributed by atoms with E-state index in [1.54, 1.807) is 6.20 Å². The number of pyridine rings is 1. The molecule has 0 aliphatic rings. The Balaban J connectivity index is 2.42. The fraction of sp³-hybridized carbons (Fsp3) is 0.583. The van der Waals surface area contributed by atoms with Crippen LogP contribution in [0.2, 0.25) is 0 Å². The molecule has 1 heterocycles. The number of rotatable bonds is 3. The molecule has 0 radical (unpaired) electrons. The molecule has 1 atom stereocenters. The van der Waals surface area contributed by atoms with E-state index in [0.717, 1.165) is 5.56 Å². The average Bonchev–Trinajstić information content (AvgIpc) is 2.14. The molecule has 0 aromatic carbocycles. The molecule has 0 saturated carbocycles. The van der Waals surface area contributed by atoms with Gasteiger partial charge in [-0.25, -0.2) is 0 Å². The second-order valence-corrected chi connectivity index (χ2v) is 4.68.